The Bertz CT molecular complexity index is 421. The van der Waals surface area contributed by atoms with Gasteiger partial charge in [0.25, 0.3) is 0 Å². The minimum Gasteiger partial charge on any atom is -0.496 e. The fraction of sp³-hybridized carbons (Fsp3) is 0.562. The van der Waals surface area contributed by atoms with E-state index in [1.807, 2.05) is 31.2 Å². The molecule has 2 unspecified atom stereocenters. The number of hydrogen-bond donors (Lipinski definition) is 2. The van der Waals surface area contributed by atoms with Gasteiger partial charge in [0.15, 0.2) is 0 Å². The van der Waals surface area contributed by atoms with Crippen molar-refractivity contribution in [3.8, 4) is 5.75 Å². The van der Waals surface area contributed by atoms with Gasteiger partial charge in [0.1, 0.15) is 5.75 Å². The van der Waals surface area contributed by atoms with Crippen LogP contribution in [0, 0.1) is 11.8 Å². The maximum absolute atomic E-state index is 11.8. The normalized spacial score (nSPS) is 13.6. The van der Waals surface area contributed by atoms with Crippen LogP contribution >= 0.6 is 0 Å². The highest BCUT2D eigenvalue weighted by Crippen LogP contribution is 2.21. The smallest absolute Gasteiger partial charge is 0.220 e. The summed E-state index contributed by atoms with van der Waals surface area (Å²) < 4.78 is 5.33. The van der Waals surface area contributed by atoms with Crippen LogP contribution < -0.4 is 15.8 Å². The maximum atomic E-state index is 11.8. The van der Waals surface area contributed by atoms with E-state index in [1.165, 1.54) is 0 Å². The first-order valence-electron chi connectivity index (χ1n) is 7.15. The molecule has 0 saturated carbocycles. The van der Waals surface area contributed by atoms with Crippen LogP contribution in [0.2, 0.25) is 0 Å². The highest BCUT2D eigenvalue weighted by atomic mass is 16.5. The first-order valence-corrected chi connectivity index (χ1v) is 7.15. The first-order chi connectivity index (χ1) is 9.56. The fourth-order valence-electron chi connectivity index (χ4n) is 2.08. The Morgan fingerprint density at radius 3 is 2.65 bits per heavy atom. The second-order valence-electron chi connectivity index (χ2n) is 5.47. The van der Waals surface area contributed by atoms with Crippen LogP contribution in [-0.4, -0.2) is 26.1 Å². The molecule has 0 saturated heterocycles. The number of amides is 1. The number of rotatable bonds is 8. The lowest BCUT2D eigenvalue weighted by molar-refractivity contribution is -0.122. The van der Waals surface area contributed by atoms with Crippen molar-refractivity contribution in [3.63, 3.8) is 0 Å². The Hall–Kier alpha value is -1.55. The molecule has 0 bridgehead atoms. The largest absolute Gasteiger partial charge is 0.496 e. The summed E-state index contributed by atoms with van der Waals surface area (Å²) in [7, 11) is 1.67. The molecule has 1 aromatic carbocycles. The third kappa shape index (κ3) is 5.61. The van der Waals surface area contributed by atoms with Crippen molar-refractivity contribution in [1.82, 2.24) is 5.32 Å². The highest BCUT2D eigenvalue weighted by molar-refractivity contribution is 5.76. The molecule has 1 aromatic rings. The first kappa shape index (κ1) is 16.5. The van der Waals surface area contributed by atoms with Crippen LogP contribution in [0.3, 0.4) is 0 Å². The van der Waals surface area contributed by atoms with Gasteiger partial charge in [-0.3, -0.25) is 4.79 Å². The quantitative estimate of drug-likeness (QED) is 0.764. The lowest BCUT2D eigenvalue weighted by Gasteiger charge is -2.15. The second-order valence-corrected chi connectivity index (χ2v) is 5.47. The van der Waals surface area contributed by atoms with Crippen LogP contribution in [0.1, 0.15) is 25.8 Å². The Morgan fingerprint density at radius 2 is 2.00 bits per heavy atom. The highest BCUT2D eigenvalue weighted by Gasteiger charge is 2.12. The van der Waals surface area contributed by atoms with Gasteiger partial charge >= 0.3 is 0 Å². The molecule has 0 aromatic heterocycles. The van der Waals surface area contributed by atoms with Gasteiger partial charge in [0.05, 0.1) is 7.11 Å². The van der Waals surface area contributed by atoms with Crippen LogP contribution in [0.25, 0.3) is 0 Å². The third-order valence-corrected chi connectivity index (χ3v) is 3.34. The fourth-order valence-corrected chi connectivity index (χ4v) is 2.08. The zero-order valence-electron chi connectivity index (χ0n) is 12.7. The summed E-state index contributed by atoms with van der Waals surface area (Å²) in [5, 5.41) is 2.93. The number of hydrogen-bond acceptors (Lipinski definition) is 3. The van der Waals surface area contributed by atoms with Crippen molar-refractivity contribution >= 4 is 5.91 Å². The molecule has 3 N–H and O–H groups in total. The van der Waals surface area contributed by atoms with E-state index < -0.39 is 0 Å². The van der Waals surface area contributed by atoms with Gasteiger partial charge in [-0.05, 0) is 36.4 Å². The summed E-state index contributed by atoms with van der Waals surface area (Å²) in [6, 6.07) is 7.94. The van der Waals surface area contributed by atoms with Gasteiger partial charge in [-0.25, -0.2) is 0 Å². The molecule has 0 heterocycles. The lowest BCUT2D eigenvalue weighted by atomic mass is 9.97. The third-order valence-electron chi connectivity index (χ3n) is 3.34. The molecule has 0 aliphatic heterocycles. The van der Waals surface area contributed by atoms with Crippen LogP contribution in [0.15, 0.2) is 24.3 Å². The standard InChI is InChI=1S/C16H26N2O2/c1-12(9-16(19)18-11-13(2)10-17)8-14-6-4-5-7-15(14)20-3/h4-7,12-13H,8-11,17H2,1-3H3,(H,18,19). The summed E-state index contributed by atoms with van der Waals surface area (Å²) in [5.74, 6) is 1.58. The Morgan fingerprint density at radius 1 is 1.30 bits per heavy atom. The molecule has 4 heteroatoms. The van der Waals surface area contributed by atoms with Crippen molar-refractivity contribution in [3.05, 3.63) is 29.8 Å². The minimum atomic E-state index is 0.0905. The maximum Gasteiger partial charge on any atom is 0.220 e. The van der Waals surface area contributed by atoms with E-state index in [0.717, 1.165) is 17.7 Å². The van der Waals surface area contributed by atoms with Crippen molar-refractivity contribution in [2.24, 2.45) is 17.6 Å². The molecule has 112 valence electrons. The molecule has 0 fully saturated rings. The number of nitrogens with one attached hydrogen (secondary N) is 1. The summed E-state index contributed by atoms with van der Waals surface area (Å²) in [4.78, 5) is 11.8. The monoisotopic (exact) mass is 278 g/mol. The number of para-hydroxylation sites is 1. The number of ether oxygens (including phenoxy) is 1. The van der Waals surface area contributed by atoms with E-state index in [4.69, 9.17) is 10.5 Å². The van der Waals surface area contributed by atoms with Crippen molar-refractivity contribution in [1.29, 1.82) is 0 Å². The molecule has 0 radical (unpaired) electrons. The van der Waals surface area contributed by atoms with E-state index in [-0.39, 0.29) is 11.8 Å². The van der Waals surface area contributed by atoms with Gasteiger partial charge < -0.3 is 15.8 Å². The van der Waals surface area contributed by atoms with Gasteiger partial charge in [0, 0.05) is 13.0 Å². The van der Waals surface area contributed by atoms with Crippen molar-refractivity contribution in [2.45, 2.75) is 26.7 Å². The molecule has 0 aliphatic rings. The molecular weight excluding hydrogens is 252 g/mol. The Kier molecular flexibility index (Phi) is 7.09. The van der Waals surface area contributed by atoms with Gasteiger partial charge in [0.2, 0.25) is 5.91 Å². The van der Waals surface area contributed by atoms with Crippen molar-refractivity contribution in [2.75, 3.05) is 20.2 Å². The number of carbonyl (C=O) groups is 1. The molecule has 4 nitrogen and oxygen atoms in total. The molecular formula is C16H26N2O2. The topological polar surface area (TPSA) is 64.3 Å². The Balaban J connectivity index is 2.43. The minimum absolute atomic E-state index is 0.0905. The summed E-state index contributed by atoms with van der Waals surface area (Å²) in [5.41, 5.74) is 6.67. The van der Waals surface area contributed by atoms with E-state index in [9.17, 15) is 4.79 Å². The van der Waals surface area contributed by atoms with E-state index >= 15 is 0 Å². The molecule has 0 aliphatic carbocycles. The summed E-state index contributed by atoms with van der Waals surface area (Å²) in [6.07, 6.45) is 1.36. The number of methoxy groups -OCH3 is 1. The molecule has 1 amide bonds. The van der Waals surface area contributed by atoms with Gasteiger partial charge in [-0.15, -0.1) is 0 Å². The van der Waals surface area contributed by atoms with E-state index in [1.54, 1.807) is 7.11 Å². The van der Waals surface area contributed by atoms with Gasteiger partial charge in [-0.2, -0.15) is 0 Å². The van der Waals surface area contributed by atoms with E-state index in [2.05, 4.69) is 12.2 Å². The number of carbonyl (C=O) groups excluding carboxylic acids is 1. The SMILES string of the molecule is COc1ccccc1CC(C)CC(=O)NCC(C)CN. The van der Waals surface area contributed by atoms with E-state index in [0.29, 0.717) is 25.4 Å². The van der Waals surface area contributed by atoms with Crippen molar-refractivity contribution < 1.29 is 9.53 Å². The average molecular weight is 278 g/mol. The van der Waals surface area contributed by atoms with Crippen LogP contribution in [0.5, 0.6) is 5.75 Å². The molecule has 0 spiro atoms. The zero-order chi connectivity index (χ0) is 15.0. The number of nitrogens with two attached hydrogens (primary N) is 1. The second kappa shape index (κ2) is 8.59. The summed E-state index contributed by atoms with van der Waals surface area (Å²) >= 11 is 0. The number of benzene rings is 1. The van der Waals surface area contributed by atoms with Crippen LogP contribution in [-0.2, 0) is 11.2 Å². The Labute approximate surface area is 121 Å². The van der Waals surface area contributed by atoms with Gasteiger partial charge in [-0.1, -0.05) is 32.0 Å². The van der Waals surface area contributed by atoms with Crippen LogP contribution in [0.4, 0.5) is 0 Å². The molecule has 2 atom stereocenters. The predicted molar refractivity (Wildman–Crippen MR) is 81.7 cm³/mol. The zero-order valence-corrected chi connectivity index (χ0v) is 12.7. The predicted octanol–water partition coefficient (Wildman–Crippen LogP) is 1.97. The average Bonchev–Trinajstić information content (AvgIpc) is 2.45. The lowest BCUT2D eigenvalue weighted by Crippen LogP contribution is -2.32. The summed E-state index contributed by atoms with van der Waals surface area (Å²) in [6.45, 7) is 5.35. The molecule has 20 heavy (non-hydrogen) atoms. The molecule has 1 rings (SSSR count).